The minimum absolute atomic E-state index is 0.0528. The van der Waals surface area contributed by atoms with Gasteiger partial charge in [0.2, 0.25) is 5.69 Å². The fraction of sp³-hybridized carbons (Fsp3) is 0.158. The van der Waals surface area contributed by atoms with Crippen LogP contribution >= 0.6 is 23.1 Å². The molecule has 0 N–H and O–H groups in total. The molecule has 1 aliphatic rings. The van der Waals surface area contributed by atoms with Gasteiger partial charge in [-0.3, -0.25) is 4.79 Å². The quantitative estimate of drug-likeness (QED) is 0.608. The van der Waals surface area contributed by atoms with E-state index in [-0.39, 0.29) is 5.56 Å². The Balaban J connectivity index is 1.93. The number of pyridine rings is 1. The van der Waals surface area contributed by atoms with Gasteiger partial charge < -0.3 is 9.47 Å². The molecular formula is C19H18N3OS2+. The number of thiazole rings is 1. The number of anilines is 1. The maximum atomic E-state index is 12.8. The van der Waals surface area contributed by atoms with Crippen LogP contribution in [0.1, 0.15) is 5.69 Å². The van der Waals surface area contributed by atoms with Gasteiger partial charge in [-0.25, -0.2) is 4.57 Å². The molecule has 1 aliphatic heterocycles. The van der Waals surface area contributed by atoms with E-state index < -0.39 is 0 Å². The summed E-state index contributed by atoms with van der Waals surface area (Å²) in [5, 5.41) is 1.00. The van der Waals surface area contributed by atoms with Gasteiger partial charge in [0.15, 0.2) is 6.20 Å². The maximum absolute atomic E-state index is 12.8. The predicted octanol–water partition coefficient (Wildman–Crippen LogP) is 1.41. The number of rotatable bonds is 1. The molecule has 25 heavy (non-hydrogen) atoms. The van der Waals surface area contributed by atoms with Crippen molar-refractivity contribution in [3.63, 3.8) is 0 Å². The summed E-state index contributed by atoms with van der Waals surface area (Å²) in [5.74, 6) is 0. The first kappa shape index (κ1) is 16.2. The van der Waals surface area contributed by atoms with Gasteiger partial charge in [0.25, 0.3) is 5.56 Å². The van der Waals surface area contributed by atoms with Crippen molar-refractivity contribution in [3.05, 3.63) is 73.9 Å². The number of benzene rings is 1. The molecule has 0 atom stereocenters. The summed E-state index contributed by atoms with van der Waals surface area (Å²) in [6.45, 7) is 0. The minimum Gasteiger partial charge on any atom is -0.337 e. The van der Waals surface area contributed by atoms with E-state index in [0.29, 0.717) is 0 Å². The summed E-state index contributed by atoms with van der Waals surface area (Å²) in [6.07, 6.45) is 4.06. The van der Waals surface area contributed by atoms with Crippen molar-refractivity contribution in [2.75, 3.05) is 11.9 Å². The van der Waals surface area contributed by atoms with Crippen LogP contribution in [0.5, 0.6) is 0 Å². The molecule has 0 radical (unpaired) electrons. The fourth-order valence-corrected chi connectivity index (χ4v) is 5.23. The summed E-state index contributed by atoms with van der Waals surface area (Å²) in [5.41, 5.74) is 2.27. The zero-order valence-corrected chi connectivity index (χ0v) is 15.9. The summed E-state index contributed by atoms with van der Waals surface area (Å²) < 4.78 is 5.51. The molecule has 0 bridgehead atoms. The average Bonchev–Trinajstić information content (AvgIpc) is 3.09. The van der Waals surface area contributed by atoms with Crippen LogP contribution in [0.25, 0.3) is 11.1 Å². The highest BCUT2D eigenvalue weighted by molar-refractivity contribution is 8.08. The van der Waals surface area contributed by atoms with E-state index in [4.69, 9.17) is 0 Å². The number of aromatic nitrogens is 2. The zero-order valence-electron chi connectivity index (χ0n) is 14.3. The second kappa shape index (κ2) is 6.20. The van der Waals surface area contributed by atoms with Crippen molar-refractivity contribution in [3.8, 4) is 0 Å². The molecule has 3 aromatic rings. The normalized spacial score (nSPS) is 16.4. The largest absolute Gasteiger partial charge is 0.337 e. The first-order chi connectivity index (χ1) is 12.1. The maximum Gasteiger partial charge on any atom is 0.271 e. The van der Waals surface area contributed by atoms with Crippen LogP contribution in [0.15, 0.2) is 58.4 Å². The van der Waals surface area contributed by atoms with Gasteiger partial charge in [-0.2, -0.15) is 0 Å². The standard InChI is InChI=1S/C19H18N3OS2/c1-20-11-7-6-8-13(20)12-16-22(3)18(23)17(25-16)19-21(2)14-9-4-5-10-15(14)24-19/h4-12H,1-3H3/q+1/b19-17+. The molecule has 0 saturated heterocycles. The molecule has 4 rings (SSSR count). The summed E-state index contributed by atoms with van der Waals surface area (Å²) >= 11 is 3.21. The smallest absolute Gasteiger partial charge is 0.271 e. The van der Waals surface area contributed by atoms with Crippen LogP contribution < -0.4 is 24.2 Å². The highest BCUT2D eigenvalue weighted by Gasteiger charge is 2.24. The zero-order chi connectivity index (χ0) is 17.6. The Bertz CT molecular complexity index is 1140. The Kier molecular flexibility index (Phi) is 4.01. The lowest BCUT2D eigenvalue weighted by molar-refractivity contribution is -0.673. The molecule has 0 fully saturated rings. The van der Waals surface area contributed by atoms with E-state index in [1.165, 1.54) is 4.90 Å². The van der Waals surface area contributed by atoms with Gasteiger partial charge in [-0.1, -0.05) is 23.9 Å². The topological polar surface area (TPSA) is 29.1 Å². The molecule has 126 valence electrons. The third kappa shape index (κ3) is 2.71. The van der Waals surface area contributed by atoms with Gasteiger partial charge in [0, 0.05) is 37.2 Å². The van der Waals surface area contributed by atoms with Crippen molar-refractivity contribution in [2.24, 2.45) is 14.1 Å². The molecule has 0 saturated carbocycles. The van der Waals surface area contributed by atoms with Gasteiger partial charge in [-0.05, 0) is 18.2 Å². The molecule has 0 aliphatic carbocycles. The van der Waals surface area contributed by atoms with Gasteiger partial charge in [0.05, 0.1) is 5.69 Å². The number of hydrogen-bond acceptors (Lipinski definition) is 4. The Labute approximate surface area is 154 Å². The van der Waals surface area contributed by atoms with E-state index in [1.54, 1.807) is 27.7 Å². The molecule has 0 unspecified atom stereocenters. The second-order valence-electron chi connectivity index (χ2n) is 5.95. The van der Waals surface area contributed by atoms with Gasteiger partial charge in [-0.15, -0.1) is 11.3 Å². The monoisotopic (exact) mass is 368 g/mol. The van der Waals surface area contributed by atoms with Crippen LogP contribution in [-0.4, -0.2) is 11.6 Å². The number of thioether (sulfide) groups is 1. The highest BCUT2D eigenvalue weighted by atomic mass is 32.2. The number of para-hydroxylation sites is 1. The molecule has 0 spiro atoms. The lowest BCUT2D eigenvalue weighted by atomic mass is 10.3. The minimum atomic E-state index is 0.0528. The summed E-state index contributed by atoms with van der Waals surface area (Å²) in [4.78, 5) is 16.1. The lowest BCUT2D eigenvalue weighted by Gasteiger charge is -2.11. The van der Waals surface area contributed by atoms with Crippen molar-refractivity contribution in [1.82, 2.24) is 4.57 Å². The number of fused-ring (bicyclic) bond motifs is 1. The molecule has 6 heteroatoms. The molecule has 2 aromatic heterocycles. The SMILES string of the molecule is CN1/C(=c2\s/c(=C/c3cccc[n+]3C)n(C)c2=O)Sc2ccccc21. The molecule has 0 amide bonds. The van der Waals surface area contributed by atoms with Crippen molar-refractivity contribution in [2.45, 2.75) is 4.90 Å². The van der Waals surface area contributed by atoms with Crippen molar-refractivity contribution in [1.29, 1.82) is 0 Å². The summed E-state index contributed by atoms with van der Waals surface area (Å²) in [6, 6.07) is 14.3. The fourth-order valence-electron chi connectivity index (χ4n) is 2.84. The van der Waals surface area contributed by atoms with Gasteiger partial charge in [0.1, 0.15) is 21.3 Å². The predicted molar refractivity (Wildman–Crippen MR) is 104 cm³/mol. The van der Waals surface area contributed by atoms with Crippen LogP contribution in [-0.2, 0) is 14.1 Å². The first-order valence-electron chi connectivity index (χ1n) is 7.93. The van der Waals surface area contributed by atoms with E-state index in [9.17, 15) is 4.79 Å². The van der Waals surface area contributed by atoms with Crippen LogP contribution in [0, 0.1) is 0 Å². The number of aryl methyl sites for hydroxylation is 1. The third-order valence-corrected chi connectivity index (χ3v) is 6.87. The highest BCUT2D eigenvalue weighted by Crippen LogP contribution is 2.44. The Morgan fingerprint density at radius 1 is 1.08 bits per heavy atom. The first-order valence-corrected chi connectivity index (χ1v) is 9.56. The van der Waals surface area contributed by atoms with E-state index in [0.717, 1.165) is 25.6 Å². The van der Waals surface area contributed by atoms with E-state index >= 15 is 0 Å². The Morgan fingerprint density at radius 3 is 2.60 bits per heavy atom. The van der Waals surface area contributed by atoms with Crippen molar-refractivity contribution < 1.29 is 4.57 Å². The Hall–Kier alpha value is -2.31. The average molecular weight is 369 g/mol. The van der Waals surface area contributed by atoms with Crippen molar-refractivity contribution >= 4 is 39.9 Å². The molecule has 1 aromatic carbocycles. The molecule has 3 heterocycles. The second-order valence-corrected chi connectivity index (χ2v) is 8.01. The number of hydrogen-bond donors (Lipinski definition) is 0. The van der Waals surface area contributed by atoms with Crippen LogP contribution in [0.2, 0.25) is 0 Å². The van der Waals surface area contributed by atoms with Crippen LogP contribution in [0.3, 0.4) is 0 Å². The number of nitrogens with zero attached hydrogens (tertiary/aromatic N) is 3. The summed E-state index contributed by atoms with van der Waals surface area (Å²) in [7, 11) is 5.86. The van der Waals surface area contributed by atoms with Crippen LogP contribution in [0.4, 0.5) is 5.69 Å². The lowest BCUT2D eigenvalue weighted by Crippen LogP contribution is -2.33. The molecule has 4 nitrogen and oxygen atoms in total. The van der Waals surface area contributed by atoms with E-state index in [1.807, 2.05) is 62.2 Å². The van der Waals surface area contributed by atoms with E-state index in [2.05, 4.69) is 23.1 Å². The van der Waals surface area contributed by atoms with Gasteiger partial charge >= 0.3 is 0 Å². The third-order valence-electron chi connectivity index (χ3n) is 4.33. The Morgan fingerprint density at radius 2 is 1.84 bits per heavy atom. The molecular weight excluding hydrogens is 350 g/mol.